The van der Waals surface area contributed by atoms with Crippen LogP contribution in [0.3, 0.4) is 0 Å². The van der Waals surface area contributed by atoms with E-state index in [-0.39, 0.29) is 0 Å². The average molecular weight is 267 g/mol. The van der Waals surface area contributed by atoms with Crippen LogP contribution in [-0.4, -0.2) is 16.1 Å². The lowest BCUT2D eigenvalue weighted by Crippen LogP contribution is -2.39. The van der Waals surface area contributed by atoms with E-state index >= 15 is 0 Å². The maximum Gasteiger partial charge on any atom is 0.417 e. The number of alkyl halides is 4. The molecule has 0 aliphatic rings. The summed E-state index contributed by atoms with van der Waals surface area (Å²) in [6, 6.07) is 0. The van der Waals surface area contributed by atoms with E-state index in [0.717, 1.165) is 29.5 Å². The van der Waals surface area contributed by atoms with Crippen molar-refractivity contribution in [1.29, 1.82) is 0 Å². The van der Waals surface area contributed by atoms with Crippen LogP contribution < -0.4 is 5.32 Å². The smallest absolute Gasteiger partial charge is 0.337 e. The highest BCUT2D eigenvalue weighted by molar-refractivity contribution is 14.1. The predicted molar refractivity (Wildman–Crippen MR) is 37.7 cm³/mol. The summed E-state index contributed by atoms with van der Waals surface area (Å²) >= 11 is 1.11. The first-order chi connectivity index (χ1) is 4.34. The van der Waals surface area contributed by atoms with Crippen LogP contribution in [0.1, 0.15) is 6.92 Å². The molecule has 2 nitrogen and oxygen atoms in total. The fourth-order valence-electron chi connectivity index (χ4n) is 0.260. The lowest BCUT2D eigenvalue weighted by Gasteiger charge is -2.13. The standard InChI is InChI=1S/C4H5F3INO/c1-2(10)9-3(8)4(5,6)7/h3H,1H3,(H,9,10). The quantitative estimate of drug-likeness (QED) is 0.435. The molecule has 0 fully saturated rings. The zero-order chi connectivity index (χ0) is 8.36. The molecule has 0 heterocycles. The Labute approximate surface area is 69.3 Å². The molecule has 1 atom stereocenters. The van der Waals surface area contributed by atoms with Gasteiger partial charge in [-0.15, -0.1) is 0 Å². The highest BCUT2D eigenvalue weighted by Crippen LogP contribution is 2.24. The van der Waals surface area contributed by atoms with E-state index in [1.165, 1.54) is 0 Å². The number of carbonyl (C=O) groups is 1. The van der Waals surface area contributed by atoms with Gasteiger partial charge in [-0.1, -0.05) is 0 Å². The van der Waals surface area contributed by atoms with Crippen LogP contribution in [0.25, 0.3) is 0 Å². The summed E-state index contributed by atoms with van der Waals surface area (Å²) in [5.41, 5.74) is 0. The molecule has 0 bridgehead atoms. The lowest BCUT2D eigenvalue weighted by molar-refractivity contribution is -0.140. The van der Waals surface area contributed by atoms with Crippen molar-refractivity contribution < 1.29 is 18.0 Å². The average Bonchev–Trinajstić information content (AvgIpc) is 1.60. The van der Waals surface area contributed by atoms with Crippen molar-refractivity contribution in [2.75, 3.05) is 0 Å². The summed E-state index contributed by atoms with van der Waals surface area (Å²) in [4.78, 5) is 10.1. The molecule has 0 aliphatic heterocycles. The number of rotatable bonds is 1. The Morgan fingerprint density at radius 3 is 2.10 bits per heavy atom. The number of amides is 1. The summed E-state index contributed by atoms with van der Waals surface area (Å²) in [5.74, 6) is -0.684. The summed E-state index contributed by atoms with van der Waals surface area (Å²) in [5, 5.41) is 1.71. The third kappa shape index (κ3) is 3.91. The Kier molecular flexibility index (Phi) is 3.40. The number of nitrogens with one attached hydrogen (secondary N) is 1. The maximum absolute atomic E-state index is 11.6. The molecule has 0 aromatic carbocycles. The SMILES string of the molecule is CC(=O)NC(I)C(F)(F)F. The maximum atomic E-state index is 11.6. The highest BCUT2D eigenvalue weighted by Gasteiger charge is 2.37. The molecular weight excluding hydrogens is 262 g/mol. The molecule has 0 radical (unpaired) electrons. The van der Waals surface area contributed by atoms with Crippen LogP contribution >= 0.6 is 22.6 Å². The second-order valence-electron chi connectivity index (χ2n) is 1.60. The van der Waals surface area contributed by atoms with Gasteiger partial charge in [0.15, 0.2) is 4.05 Å². The number of halogens is 4. The predicted octanol–water partition coefficient (Wildman–Crippen LogP) is 1.45. The normalized spacial score (nSPS) is 14.5. The Morgan fingerprint density at radius 1 is 1.60 bits per heavy atom. The van der Waals surface area contributed by atoms with Crippen LogP contribution in [0.5, 0.6) is 0 Å². The number of carbonyl (C=O) groups excluding carboxylic acids is 1. The van der Waals surface area contributed by atoms with Crippen molar-refractivity contribution in [3.05, 3.63) is 0 Å². The Bertz CT molecular complexity index is 135. The fraction of sp³-hybridized carbons (Fsp3) is 0.750. The molecule has 0 aliphatic carbocycles. The van der Waals surface area contributed by atoms with E-state index in [4.69, 9.17) is 0 Å². The van der Waals surface area contributed by atoms with Gasteiger partial charge < -0.3 is 5.32 Å². The van der Waals surface area contributed by atoms with Crippen LogP contribution in [-0.2, 0) is 4.79 Å². The van der Waals surface area contributed by atoms with Gasteiger partial charge in [0.2, 0.25) is 5.91 Å². The molecule has 0 spiro atoms. The van der Waals surface area contributed by atoms with Gasteiger partial charge in [0, 0.05) is 6.92 Å². The summed E-state index contributed by atoms with van der Waals surface area (Å²) in [6.45, 7) is 1.04. The molecule has 1 unspecified atom stereocenters. The molecule has 1 amide bonds. The molecule has 1 N–H and O–H groups in total. The van der Waals surface area contributed by atoms with Gasteiger partial charge in [0.1, 0.15) is 0 Å². The van der Waals surface area contributed by atoms with Gasteiger partial charge in [0.25, 0.3) is 0 Å². The van der Waals surface area contributed by atoms with Gasteiger partial charge in [-0.3, -0.25) is 4.79 Å². The lowest BCUT2D eigenvalue weighted by atomic mass is 10.6. The molecule has 0 aromatic rings. The second kappa shape index (κ2) is 3.40. The van der Waals surface area contributed by atoms with Crippen LogP contribution in [0, 0.1) is 0 Å². The molecule has 6 heteroatoms. The first-order valence-electron chi connectivity index (χ1n) is 2.32. The topological polar surface area (TPSA) is 29.1 Å². The van der Waals surface area contributed by atoms with Crippen molar-refractivity contribution in [2.45, 2.75) is 17.1 Å². The Balaban J connectivity index is 3.85. The monoisotopic (exact) mass is 267 g/mol. The van der Waals surface area contributed by atoms with Crippen molar-refractivity contribution in [1.82, 2.24) is 5.32 Å². The summed E-state index contributed by atoms with van der Waals surface area (Å²) in [6.07, 6.45) is -4.35. The van der Waals surface area contributed by atoms with E-state index < -0.39 is 16.1 Å². The first-order valence-corrected chi connectivity index (χ1v) is 3.56. The van der Waals surface area contributed by atoms with E-state index in [1.54, 1.807) is 5.32 Å². The molecular formula is C4H5F3INO. The second-order valence-corrected chi connectivity index (χ2v) is 2.85. The third-order valence-electron chi connectivity index (χ3n) is 0.617. The van der Waals surface area contributed by atoms with Gasteiger partial charge in [-0.25, -0.2) is 0 Å². The molecule has 10 heavy (non-hydrogen) atoms. The first kappa shape index (κ1) is 9.99. The van der Waals surface area contributed by atoms with Crippen molar-refractivity contribution >= 4 is 28.5 Å². The fourth-order valence-corrected chi connectivity index (χ4v) is 0.699. The highest BCUT2D eigenvalue weighted by atomic mass is 127. The van der Waals surface area contributed by atoms with Gasteiger partial charge in [-0.2, -0.15) is 13.2 Å². The molecule has 0 saturated carbocycles. The zero-order valence-corrected chi connectivity index (χ0v) is 7.15. The summed E-state index contributed by atoms with van der Waals surface area (Å²) < 4.78 is 33.0. The van der Waals surface area contributed by atoms with Crippen LogP contribution in [0.4, 0.5) is 13.2 Å². The molecule has 60 valence electrons. The third-order valence-corrected chi connectivity index (χ3v) is 1.63. The van der Waals surface area contributed by atoms with Crippen LogP contribution in [0.15, 0.2) is 0 Å². The molecule has 0 rings (SSSR count). The Hall–Kier alpha value is -0.0100. The van der Waals surface area contributed by atoms with Crippen molar-refractivity contribution in [2.24, 2.45) is 0 Å². The van der Waals surface area contributed by atoms with E-state index in [0.29, 0.717) is 0 Å². The van der Waals surface area contributed by atoms with Crippen molar-refractivity contribution in [3.63, 3.8) is 0 Å². The molecule has 0 aromatic heterocycles. The minimum absolute atomic E-state index is 0.684. The van der Waals surface area contributed by atoms with E-state index in [1.807, 2.05) is 0 Å². The summed E-state index contributed by atoms with van der Waals surface area (Å²) in [7, 11) is 0. The van der Waals surface area contributed by atoms with Crippen LogP contribution in [0.2, 0.25) is 0 Å². The zero-order valence-electron chi connectivity index (χ0n) is 5.00. The minimum atomic E-state index is -4.35. The minimum Gasteiger partial charge on any atom is -0.337 e. The number of hydrogen-bond acceptors (Lipinski definition) is 1. The molecule has 0 saturated heterocycles. The van der Waals surface area contributed by atoms with E-state index in [9.17, 15) is 18.0 Å². The Morgan fingerprint density at radius 2 is 2.00 bits per heavy atom. The van der Waals surface area contributed by atoms with Crippen molar-refractivity contribution in [3.8, 4) is 0 Å². The van der Waals surface area contributed by atoms with Gasteiger partial charge in [0.05, 0.1) is 0 Å². The number of hydrogen-bond donors (Lipinski definition) is 1. The van der Waals surface area contributed by atoms with E-state index in [2.05, 4.69) is 0 Å². The largest absolute Gasteiger partial charge is 0.417 e. The van der Waals surface area contributed by atoms with Gasteiger partial charge in [-0.05, 0) is 22.6 Å². The van der Waals surface area contributed by atoms with Gasteiger partial charge >= 0.3 is 6.18 Å².